The summed E-state index contributed by atoms with van der Waals surface area (Å²) in [5.74, 6) is 0.191. The predicted octanol–water partition coefficient (Wildman–Crippen LogP) is 3.49. The first-order valence-corrected chi connectivity index (χ1v) is 9.38. The van der Waals surface area contributed by atoms with Crippen LogP contribution in [-0.2, 0) is 17.9 Å². The Balaban J connectivity index is 1.24. The molecule has 2 aromatic carbocycles. The van der Waals surface area contributed by atoms with E-state index in [4.69, 9.17) is 0 Å². The van der Waals surface area contributed by atoms with Crippen LogP contribution in [0.3, 0.4) is 0 Å². The highest BCUT2D eigenvalue weighted by molar-refractivity contribution is 5.82. The van der Waals surface area contributed by atoms with Crippen LogP contribution in [0.1, 0.15) is 11.4 Å². The summed E-state index contributed by atoms with van der Waals surface area (Å²) >= 11 is 0. The molecule has 0 unspecified atom stereocenters. The summed E-state index contributed by atoms with van der Waals surface area (Å²) in [5, 5.41) is 2.41. The van der Waals surface area contributed by atoms with E-state index in [0.29, 0.717) is 13.1 Å². The number of carbonyl (C=O) groups is 1. The summed E-state index contributed by atoms with van der Waals surface area (Å²) in [6.45, 7) is 3.54. The molecular weight excluding hydrogens is 336 g/mol. The average molecular weight is 358 g/mol. The Morgan fingerprint density at radius 1 is 0.778 bits per heavy atom. The van der Waals surface area contributed by atoms with Gasteiger partial charge in [-0.15, -0.1) is 0 Å². The molecule has 27 heavy (non-hydrogen) atoms. The van der Waals surface area contributed by atoms with Gasteiger partial charge in [0.05, 0.1) is 13.1 Å². The molecule has 0 atom stereocenters. The van der Waals surface area contributed by atoms with Gasteiger partial charge in [-0.25, -0.2) is 0 Å². The molecule has 2 aromatic heterocycles. The van der Waals surface area contributed by atoms with Gasteiger partial charge in [0, 0.05) is 42.1 Å². The highest BCUT2D eigenvalue weighted by atomic mass is 16.2. The number of carbonyl (C=O) groups excluding carboxylic acids is 1. The second-order valence-corrected chi connectivity index (χ2v) is 7.29. The Morgan fingerprint density at radius 2 is 1.37 bits per heavy atom. The molecule has 136 valence electrons. The zero-order valence-corrected chi connectivity index (χ0v) is 15.1. The molecule has 5 rings (SSSR count). The van der Waals surface area contributed by atoms with E-state index in [9.17, 15) is 4.79 Å². The summed E-state index contributed by atoms with van der Waals surface area (Å²) in [6, 6.07) is 20.8. The average Bonchev–Trinajstić information content (AvgIpc) is 3.26. The van der Waals surface area contributed by atoms with Crippen LogP contribution in [0, 0.1) is 0 Å². The Kier molecular flexibility index (Phi) is 3.94. The molecule has 4 aromatic rings. The molecule has 0 bridgehead atoms. The van der Waals surface area contributed by atoms with Gasteiger partial charge < -0.3 is 14.9 Å². The van der Waals surface area contributed by atoms with E-state index in [2.05, 4.69) is 51.3 Å². The van der Waals surface area contributed by atoms with Gasteiger partial charge >= 0.3 is 0 Å². The van der Waals surface area contributed by atoms with Crippen molar-refractivity contribution >= 4 is 27.7 Å². The predicted molar refractivity (Wildman–Crippen MR) is 107 cm³/mol. The maximum absolute atomic E-state index is 12.6. The fourth-order valence-electron chi connectivity index (χ4n) is 3.94. The van der Waals surface area contributed by atoms with Gasteiger partial charge in [0.2, 0.25) is 5.91 Å². The number of nitrogens with zero attached hydrogens (tertiary/aromatic N) is 2. The minimum absolute atomic E-state index is 0.191. The third kappa shape index (κ3) is 3.22. The third-order valence-corrected chi connectivity index (χ3v) is 5.32. The maximum Gasteiger partial charge on any atom is 0.237 e. The lowest BCUT2D eigenvalue weighted by Gasteiger charge is -2.33. The highest BCUT2D eigenvalue weighted by Crippen LogP contribution is 2.19. The molecule has 2 N–H and O–H groups in total. The molecule has 0 aliphatic carbocycles. The van der Waals surface area contributed by atoms with Gasteiger partial charge in [0.25, 0.3) is 0 Å². The lowest BCUT2D eigenvalue weighted by molar-refractivity contribution is -0.137. The number of H-pyrrole nitrogens is 2. The van der Waals surface area contributed by atoms with Gasteiger partial charge in [-0.2, -0.15) is 0 Å². The Labute approximate surface area is 157 Å². The van der Waals surface area contributed by atoms with Crippen LogP contribution in [0.2, 0.25) is 0 Å². The largest absolute Gasteiger partial charge is 0.357 e. The van der Waals surface area contributed by atoms with E-state index >= 15 is 0 Å². The maximum atomic E-state index is 12.6. The van der Waals surface area contributed by atoms with Crippen LogP contribution in [0.15, 0.2) is 60.7 Å². The van der Waals surface area contributed by atoms with E-state index < -0.39 is 0 Å². The van der Waals surface area contributed by atoms with Crippen LogP contribution in [-0.4, -0.2) is 45.3 Å². The molecule has 0 saturated carbocycles. The Hall–Kier alpha value is -3.05. The van der Waals surface area contributed by atoms with Crippen molar-refractivity contribution < 1.29 is 4.79 Å². The number of rotatable bonds is 4. The van der Waals surface area contributed by atoms with Gasteiger partial charge in [-0.05, 0) is 35.0 Å². The molecule has 1 saturated heterocycles. The number of hydrogen-bond acceptors (Lipinski definition) is 2. The second-order valence-electron chi connectivity index (χ2n) is 7.29. The van der Waals surface area contributed by atoms with Crippen molar-refractivity contribution in [1.82, 2.24) is 19.8 Å². The molecular formula is C22H22N4O. The fraction of sp³-hybridized carbons (Fsp3) is 0.227. The van der Waals surface area contributed by atoms with Gasteiger partial charge in [-0.1, -0.05) is 36.4 Å². The Bertz CT molecular complexity index is 1040. The smallest absolute Gasteiger partial charge is 0.237 e. The molecule has 1 fully saturated rings. The van der Waals surface area contributed by atoms with Crippen LogP contribution in [0.25, 0.3) is 21.8 Å². The van der Waals surface area contributed by atoms with E-state index in [-0.39, 0.29) is 5.91 Å². The van der Waals surface area contributed by atoms with Crippen LogP contribution < -0.4 is 0 Å². The molecule has 5 nitrogen and oxygen atoms in total. The van der Waals surface area contributed by atoms with Crippen LogP contribution in [0.5, 0.6) is 0 Å². The highest BCUT2D eigenvalue weighted by Gasteiger charge is 2.24. The van der Waals surface area contributed by atoms with Crippen molar-refractivity contribution in [2.45, 2.75) is 13.1 Å². The quantitative estimate of drug-likeness (QED) is 0.587. The van der Waals surface area contributed by atoms with Crippen molar-refractivity contribution in [3.8, 4) is 0 Å². The first kappa shape index (κ1) is 16.1. The van der Waals surface area contributed by atoms with E-state index in [1.54, 1.807) is 0 Å². The molecule has 1 aliphatic rings. The lowest BCUT2D eigenvalue weighted by atomic mass is 10.2. The molecule has 0 radical (unpaired) electrons. The Morgan fingerprint density at radius 3 is 1.96 bits per heavy atom. The minimum atomic E-state index is 0.191. The molecule has 1 aliphatic heterocycles. The zero-order valence-electron chi connectivity index (χ0n) is 15.1. The van der Waals surface area contributed by atoms with Crippen molar-refractivity contribution in [2.24, 2.45) is 0 Å². The number of para-hydroxylation sites is 2. The summed E-state index contributed by atoms with van der Waals surface area (Å²) in [4.78, 5) is 23.7. The number of benzene rings is 2. The number of aromatic nitrogens is 2. The standard InChI is InChI=1S/C22H22N4O/c27-22-15-25(13-18-11-16-5-1-3-7-20(16)23-18)9-10-26(22)14-19-12-17-6-2-4-8-21(17)24-19/h1-8,11-12,23-24H,9-10,13-15H2. The number of hydrogen-bond donors (Lipinski definition) is 2. The summed E-state index contributed by atoms with van der Waals surface area (Å²) in [6.07, 6.45) is 0. The van der Waals surface area contributed by atoms with E-state index in [0.717, 1.165) is 42.1 Å². The lowest BCUT2D eigenvalue weighted by Crippen LogP contribution is -2.49. The first-order valence-electron chi connectivity index (χ1n) is 9.38. The van der Waals surface area contributed by atoms with Crippen LogP contribution in [0.4, 0.5) is 0 Å². The normalized spacial score (nSPS) is 15.9. The monoisotopic (exact) mass is 358 g/mol. The SMILES string of the molecule is O=C1CN(Cc2cc3ccccc3[nH]2)CCN1Cc1cc2ccccc2[nH]1. The zero-order chi connectivity index (χ0) is 18.2. The first-order chi connectivity index (χ1) is 13.2. The van der Waals surface area contributed by atoms with Crippen molar-refractivity contribution in [3.05, 3.63) is 72.1 Å². The topological polar surface area (TPSA) is 55.1 Å². The summed E-state index contributed by atoms with van der Waals surface area (Å²) in [7, 11) is 0. The fourth-order valence-corrected chi connectivity index (χ4v) is 3.94. The minimum Gasteiger partial charge on any atom is -0.357 e. The van der Waals surface area contributed by atoms with E-state index in [1.807, 2.05) is 29.2 Å². The molecule has 3 heterocycles. The number of fused-ring (bicyclic) bond motifs is 2. The molecule has 0 spiro atoms. The number of piperazine rings is 1. The van der Waals surface area contributed by atoms with E-state index in [1.165, 1.54) is 10.8 Å². The number of amides is 1. The molecule has 1 amide bonds. The summed E-state index contributed by atoms with van der Waals surface area (Å²) in [5.41, 5.74) is 4.52. The number of aromatic amines is 2. The van der Waals surface area contributed by atoms with Crippen molar-refractivity contribution in [2.75, 3.05) is 19.6 Å². The third-order valence-electron chi connectivity index (χ3n) is 5.32. The van der Waals surface area contributed by atoms with Crippen LogP contribution >= 0.6 is 0 Å². The van der Waals surface area contributed by atoms with Crippen molar-refractivity contribution in [3.63, 3.8) is 0 Å². The number of nitrogens with one attached hydrogen (secondary N) is 2. The van der Waals surface area contributed by atoms with Gasteiger partial charge in [0.1, 0.15) is 0 Å². The second kappa shape index (κ2) is 6.59. The van der Waals surface area contributed by atoms with Crippen molar-refractivity contribution in [1.29, 1.82) is 0 Å². The van der Waals surface area contributed by atoms with Gasteiger partial charge in [-0.3, -0.25) is 9.69 Å². The van der Waals surface area contributed by atoms with Gasteiger partial charge in [0.15, 0.2) is 0 Å². The molecule has 5 heteroatoms. The summed E-state index contributed by atoms with van der Waals surface area (Å²) < 4.78 is 0.